The predicted octanol–water partition coefficient (Wildman–Crippen LogP) is 4.28. The van der Waals surface area contributed by atoms with Crippen LogP contribution in [0.3, 0.4) is 0 Å². The molecule has 4 rings (SSSR count). The standard InChI is InChI=1S/C23H20F2N4O2/c1-3-23(24,25)16-6-4-5-15(11-16)12-20(30)21-14(2)28-29(22(21)31)17-7-8-18-19(13-17)27-10-9-26-18/h4-11,13,21H,3,12H2,1-2H3. The first-order valence-electron chi connectivity index (χ1n) is 9.90. The molecule has 2 heterocycles. The van der Waals surface area contributed by atoms with Crippen LogP contribution in [0.4, 0.5) is 14.5 Å². The smallest absolute Gasteiger partial charge is 0.273 e. The molecule has 2 aromatic carbocycles. The quantitative estimate of drug-likeness (QED) is 0.556. The second-order valence-electron chi connectivity index (χ2n) is 7.46. The van der Waals surface area contributed by atoms with Crippen LogP contribution in [-0.4, -0.2) is 27.4 Å². The molecule has 0 bridgehead atoms. The number of amides is 1. The second-order valence-corrected chi connectivity index (χ2v) is 7.46. The molecule has 31 heavy (non-hydrogen) atoms. The Morgan fingerprint density at radius 2 is 1.84 bits per heavy atom. The van der Waals surface area contributed by atoms with Crippen molar-refractivity contribution in [2.75, 3.05) is 5.01 Å². The molecule has 0 radical (unpaired) electrons. The zero-order valence-electron chi connectivity index (χ0n) is 17.0. The van der Waals surface area contributed by atoms with E-state index in [0.717, 1.165) is 0 Å². The Morgan fingerprint density at radius 3 is 2.58 bits per heavy atom. The van der Waals surface area contributed by atoms with E-state index in [1.54, 1.807) is 43.6 Å². The van der Waals surface area contributed by atoms with E-state index in [-0.39, 0.29) is 24.2 Å². The Balaban J connectivity index is 1.55. The molecular weight excluding hydrogens is 402 g/mol. The second kappa shape index (κ2) is 7.94. The summed E-state index contributed by atoms with van der Waals surface area (Å²) >= 11 is 0. The van der Waals surface area contributed by atoms with Crippen molar-refractivity contribution in [2.24, 2.45) is 11.0 Å². The first-order valence-corrected chi connectivity index (χ1v) is 9.90. The Bertz CT molecular complexity index is 1210. The number of hydrazone groups is 1. The molecule has 3 aromatic rings. The molecular formula is C23H20F2N4O2. The minimum absolute atomic E-state index is 0.131. The van der Waals surface area contributed by atoms with Crippen molar-refractivity contribution in [3.8, 4) is 0 Å². The third kappa shape index (κ3) is 3.93. The number of hydrogen-bond acceptors (Lipinski definition) is 5. The van der Waals surface area contributed by atoms with Crippen molar-refractivity contribution in [3.05, 3.63) is 66.0 Å². The number of carbonyl (C=O) groups excluding carboxylic acids is 2. The number of Topliss-reactive ketones (excluding diaryl/α,β-unsaturated/α-hetero) is 1. The van der Waals surface area contributed by atoms with E-state index in [2.05, 4.69) is 15.1 Å². The molecule has 1 aromatic heterocycles. The molecule has 6 nitrogen and oxygen atoms in total. The molecule has 1 amide bonds. The Hall–Kier alpha value is -3.55. The van der Waals surface area contributed by atoms with Crippen LogP contribution in [0.15, 0.2) is 60.0 Å². The summed E-state index contributed by atoms with van der Waals surface area (Å²) < 4.78 is 28.0. The van der Waals surface area contributed by atoms with Crippen molar-refractivity contribution >= 4 is 34.1 Å². The molecule has 0 aliphatic carbocycles. The Kier molecular flexibility index (Phi) is 5.31. The van der Waals surface area contributed by atoms with E-state index >= 15 is 0 Å². The molecule has 1 unspecified atom stereocenters. The molecule has 0 saturated carbocycles. The van der Waals surface area contributed by atoms with Crippen LogP contribution in [0, 0.1) is 5.92 Å². The van der Waals surface area contributed by atoms with Gasteiger partial charge in [0.25, 0.3) is 11.8 Å². The van der Waals surface area contributed by atoms with E-state index in [1.165, 1.54) is 30.1 Å². The molecule has 8 heteroatoms. The zero-order valence-corrected chi connectivity index (χ0v) is 17.0. The number of halogens is 2. The highest BCUT2D eigenvalue weighted by molar-refractivity contribution is 6.27. The van der Waals surface area contributed by atoms with Gasteiger partial charge in [-0.1, -0.05) is 25.1 Å². The number of alkyl halides is 2. The van der Waals surface area contributed by atoms with Crippen LogP contribution in [0.1, 0.15) is 31.4 Å². The first-order chi connectivity index (χ1) is 14.8. The summed E-state index contributed by atoms with van der Waals surface area (Å²) in [6, 6.07) is 10.9. The van der Waals surface area contributed by atoms with Gasteiger partial charge in [0.15, 0.2) is 5.78 Å². The number of rotatable bonds is 6. The fourth-order valence-electron chi connectivity index (χ4n) is 3.62. The van der Waals surface area contributed by atoms with Crippen LogP contribution < -0.4 is 5.01 Å². The summed E-state index contributed by atoms with van der Waals surface area (Å²) in [7, 11) is 0. The third-order valence-corrected chi connectivity index (χ3v) is 5.32. The van der Waals surface area contributed by atoms with Gasteiger partial charge in [-0.2, -0.15) is 10.1 Å². The van der Waals surface area contributed by atoms with Gasteiger partial charge in [0.2, 0.25) is 0 Å². The predicted molar refractivity (Wildman–Crippen MR) is 113 cm³/mol. The normalized spacial score (nSPS) is 16.6. The lowest BCUT2D eigenvalue weighted by Gasteiger charge is -2.16. The van der Waals surface area contributed by atoms with Crippen molar-refractivity contribution in [1.82, 2.24) is 9.97 Å². The summed E-state index contributed by atoms with van der Waals surface area (Å²) in [5.74, 6) is -4.87. The van der Waals surface area contributed by atoms with E-state index < -0.39 is 17.7 Å². The fourth-order valence-corrected chi connectivity index (χ4v) is 3.62. The molecule has 1 aliphatic heterocycles. The first kappa shape index (κ1) is 20.7. The van der Waals surface area contributed by atoms with Crippen LogP contribution in [0.5, 0.6) is 0 Å². The van der Waals surface area contributed by atoms with Crippen molar-refractivity contribution in [1.29, 1.82) is 0 Å². The summed E-state index contributed by atoms with van der Waals surface area (Å²) in [4.78, 5) is 34.3. The molecule has 0 spiro atoms. The number of fused-ring (bicyclic) bond motifs is 1. The number of hydrogen-bond donors (Lipinski definition) is 0. The minimum atomic E-state index is -2.96. The minimum Gasteiger partial charge on any atom is -0.298 e. The lowest BCUT2D eigenvalue weighted by molar-refractivity contribution is -0.128. The lowest BCUT2D eigenvalue weighted by atomic mass is 9.92. The summed E-state index contributed by atoms with van der Waals surface area (Å²) in [6.45, 7) is 3.02. The summed E-state index contributed by atoms with van der Waals surface area (Å²) in [5.41, 5.74) is 2.43. The SMILES string of the molecule is CCC(F)(F)c1cccc(CC(=O)C2C(=O)N(c3ccc4nccnc4c3)N=C2C)c1. The maximum absolute atomic E-state index is 14.0. The third-order valence-electron chi connectivity index (χ3n) is 5.32. The zero-order chi connectivity index (χ0) is 22.2. The molecule has 1 atom stereocenters. The molecule has 1 aliphatic rings. The topological polar surface area (TPSA) is 75.5 Å². The van der Waals surface area contributed by atoms with Gasteiger partial charge in [-0.15, -0.1) is 0 Å². The van der Waals surface area contributed by atoms with Crippen LogP contribution in [0.25, 0.3) is 11.0 Å². The van der Waals surface area contributed by atoms with E-state index in [4.69, 9.17) is 0 Å². The molecule has 0 N–H and O–H groups in total. The Morgan fingerprint density at radius 1 is 1.10 bits per heavy atom. The van der Waals surface area contributed by atoms with E-state index in [0.29, 0.717) is 28.0 Å². The summed E-state index contributed by atoms with van der Waals surface area (Å²) in [6.07, 6.45) is 2.66. The monoisotopic (exact) mass is 422 g/mol. The average Bonchev–Trinajstić information content (AvgIpc) is 3.07. The van der Waals surface area contributed by atoms with Gasteiger partial charge in [-0.25, -0.2) is 8.78 Å². The maximum atomic E-state index is 14.0. The number of nitrogens with zero attached hydrogens (tertiary/aromatic N) is 4. The summed E-state index contributed by atoms with van der Waals surface area (Å²) in [5, 5.41) is 5.46. The number of benzene rings is 2. The molecule has 158 valence electrons. The largest absolute Gasteiger partial charge is 0.298 e. The van der Waals surface area contributed by atoms with Crippen LogP contribution in [-0.2, 0) is 21.9 Å². The number of anilines is 1. The van der Waals surface area contributed by atoms with Gasteiger partial charge in [0.05, 0.1) is 22.4 Å². The van der Waals surface area contributed by atoms with Gasteiger partial charge in [0, 0.05) is 30.8 Å². The molecule has 0 saturated heterocycles. The molecule has 0 fully saturated rings. The Labute approximate surface area is 177 Å². The van der Waals surface area contributed by atoms with Gasteiger partial charge < -0.3 is 0 Å². The van der Waals surface area contributed by atoms with Gasteiger partial charge in [-0.05, 0) is 36.8 Å². The maximum Gasteiger partial charge on any atom is 0.273 e. The average molecular weight is 422 g/mol. The lowest BCUT2D eigenvalue weighted by Crippen LogP contribution is -2.33. The van der Waals surface area contributed by atoms with Gasteiger partial charge >= 0.3 is 0 Å². The number of carbonyl (C=O) groups is 2. The van der Waals surface area contributed by atoms with Crippen LogP contribution in [0.2, 0.25) is 0 Å². The highest BCUT2D eigenvalue weighted by Gasteiger charge is 2.39. The van der Waals surface area contributed by atoms with Crippen molar-refractivity contribution in [3.63, 3.8) is 0 Å². The van der Waals surface area contributed by atoms with E-state index in [9.17, 15) is 18.4 Å². The number of ketones is 1. The highest BCUT2D eigenvalue weighted by Crippen LogP contribution is 2.32. The van der Waals surface area contributed by atoms with Crippen LogP contribution >= 0.6 is 0 Å². The van der Waals surface area contributed by atoms with Gasteiger partial charge in [-0.3, -0.25) is 19.6 Å². The van der Waals surface area contributed by atoms with Gasteiger partial charge in [0.1, 0.15) is 5.92 Å². The highest BCUT2D eigenvalue weighted by atomic mass is 19.3. The fraction of sp³-hybridized carbons (Fsp3) is 0.261. The van der Waals surface area contributed by atoms with Crippen molar-refractivity contribution < 1.29 is 18.4 Å². The number of aromatic nitrogens is 2. The van der Waals surface area contributed by atoms with E-state index in [1.807, 2.05) is 0 Å². The van der Waals surface area contributed by atoms with Crippen molar-refractivity contribution in [2.45, 2.75) is 32.6 Å².